The fraction of sp³-hybridized carbons (Fsp3) is 0.800. The quantitative estimate of drug-likeness (QED) is 0.441. The van der Waals surface area contributed by atoms with Crippen molar-refractivity contribution in [1.29, 1.82) is 0 Å². The van der Waals surface area contributed by atoms with Crippen LogP contribution < -0.4 is 0 Å². The van der Waals surface area contributed by atoms with Crippen molar-refractivity contribution < 1.29 is 28.6 Å². The lowest BCUT2D eigenvalue weighted by Gasteiger charge is -2.01. The molecule has 0 N–H and O–H groups in total. The molecule has 0 atom stereocenters. The molecule has 0 aromatic rings. The Kier molecular flexibility index (Phi) is 21.4. The zero-order valence-corrected chi connectivity index (χ0v) is 14.4. The van der Waals surface area contributed by atoms with E-state index in [1.165, 1.54) is 20.8 Å². The molecule has 0 aromatic heterocycles. The highest BCUT2D eigenvalue weighted by Gasteiger charge is 1.93. The molecule has 0 spiro atoms. The van der Waals surface area contributed by atoms with Crippen molar-refractivity contribution >= 4 is 17.9 Å². The Labute approximate surface area is 128 Å². The summed E-state index contributed by atoms with van der Waals surface area (Å²) >= 11 is 0. The van der Waals surface area contributed by atoms with Crippen molar-refractivity contribution in [2.45, 2.75) is 67.4 Å². The van der Waals surface area contributed by atoms with Crippen LogP contribution in [0.5, 0.6) is 0 Å². The fourth-order valence-corrected chi connectivity index (χ4v) is 0.895. The Morgan fingerprint density at radius 2 is 1.33 bits per heavy atom. The molecular weight excluding hydrogens is 276 g/mol. The van der Waals surface area contributed by atoms with E-state index in [1.807, 2.05) is 13.8 Å². The summed E-state index contributed by atoms with van der Waals surface area (Å²) in [6.07, 6.45) is 2.07. The lowest BCUT2D eigenvalue weighted by Crippen LogP contribution is -2.06. The second-order valence-electron chi connectivity index (χ2n) is 4.28. The SMILES string of the molecule is CC(=O)OC(C)C.CCCCOC(C)=O.CCOC(C)=O. The molecular formula is C15H30O6. The Balaban J connectivity index is -0.000000234. The van der Waals surface area contributed by atoms with Crippen molar-refractivity contribution in [3.05, 3.63) is 0 Å². The number of hydrogen-bond donors (Lipinski definition) is 0. The molecule has 6 nitrogen and oxygen atoms in total. The van der Waals surface area contributed by atoms with E-state index < -0.39 is 0 Å². The Morgan fingerprint density at radius 3 is 1.48 bits per heavy atom. The molecule has 0 amide bonds. The van der Waals surface area contributed by atoms with Crippen molar-refractivity contribution in [2.75, 3.05) is 13.2 Å². The highest BCUT2D eigenvalue weighted by atomic mass is 16.5. The Bertz CT molecular complexity index is 273. The molecule has 0 saturated heterocycles. The van der Waals surface area contributed by atoms with Gasteiger partial charge in [-0.3, -0.25) is 14.4 Å². The first-order chi connectivity index (χ1) is 9.67. The molecule has 0 aliphatic rings. The Hall–Kier alpha value is -1.59. The van der Waals surface area contributed by atoms with E-state index in [0.717, 1.165) is 12.8 Å². The number of hydrogen-bond acceptors (Lipinski definition) is 6. The number of carbonyl (C=O) groups is 3. The van der Waals surface area contributed by atoms with Gasteiger partial charge in [0.05, 0.1) is 19.3 Å². The molecule has 126 valence electrons. The van der Waals surface area contributed by atoms with Crippen LogP contribution in [0.25, 0.3) is 0 Å². The van der Waals surface area contributed by atoms with E-state index in [4.69, 9.17) is 0 Å². The Morgan fingerprint density at radius 1 is 0.857 bits per heavy atom. The third-order valence-electron chi connectivity index (χ3n) is 1.55. The topological polar surface area (TPSA) is 78.9 Å². The van der Waals surface area contributed by atoms with Crippen molar-refractivity contribution in [2.24, 2.45) is 0 Å². The average Bonchev–Trinajstić information content (AvgIpc) is 2.28. The second-order valence-corrected chi connectivity index (χ2v) is 4.28. The minimum atomic E-state index is -0.213. The van der Waals surface area contributed by atoms with Crippen LogP contribution in [0.4, 0.5) is 0 Å². The average molecular weight is 306 g/mol. The summed E-state index contributed by atoms with van der Waals surface area (Å²) in [5.74, 6) is -0.606. The summed E-state index contributed by atoms with van der Waals surface area (Å²) in [7, 11) is 0. The zero-order chi connectivity index (χ0) is 17.3. The van der Waals surface area contributed by atoms with Gasteiger partial charge < -0.3 is 14.2 Å². The maximum atomic E-state index is 10.1. The van der Waals surface area contributed by atoms with Gasteiger partial charge in [-0.15, -0.1) is 0 Å². The molecule has 0 rings (SSSR count). The molecule has 6 heteroatoms. The van der Waals surface area contributed by atoms with Crippen LogP contribution in [-0.2, 0) is 28.6 Å². The maximum Gasteiger partial charge on any atom is 0.302 e. The molecule has 0 bridgehead atoms. The number of carbonyl (C=O) groups excluding carboxylic acids is 3. The summed E-state index contributed by atoms with van der Waals surface area (Å²) in [6, 6.07) is 0. The molecule has 0 aliphatic carbocycles. The van der Waals surface area contributed by atoms with Gasteiger partial charge in [-0.1, -0.05) is 13.3 Å². The van der Waals surface area contributed by atoms with E-state index in [9.17, 15) is 14.4 Å². The molecule has 0 fully saturated rings. The minimum absolute atomic E-state index is 0.0255. The predicted octanol–water partition coefficient (Wildman–Crippen LogP) is 2.88. The lowest BCUT2D eigenvalue weighted by molar-refractivity contribution is -0.144. The van der Waals surface area contributed by atoms with Gasteiger partial charge in [-0.2, -0.15) is 0 Å². The number of ether oxygens (including phenoxy) is 3. The van der Waals surface area contributed by atoms with Gasteiger partial charge in [0.2, 0.25) is 0 Å². The number of rotatable bonds is 5. The predicted molar refractivity (Wildman–Crippen MR) is 80.8 cm³/mol. The van der Waals surface area contributed by atoms with Crippen LogP contribution in [0.3, 0.4) is 0 Å². The van der Waals surface area contributed by atoms with Gasteiger partial charge in [0.15, 0.2) is 0 Å². The van der Waals surface area contributed by atoms with Crippen LogP contribution in [0, 0.1) is 0 Å². The fourth-order valence-electron chi connectivity index (χ4n) is 0.895. The number of unbranched alkanes of at least 4 members (excludes halogenated alkanes) is 1. The zero-order valence-electron chi connectivity index (χ0n) is 14.4. The van der Waals surface area contributed by atoms with E-state index in [0.29, 0.717) is 13.2 Å². The maximum absolute atomic E-state index is 10.1. The first kappa shape index (κ1) is 24.4. The molecule has 0 aliphatic heterocycles. The standard InChI is InChI=1S/C6H12O2.C5H10O2.C4H8O2/c1-3-4-5-8-6(2)7;1-4(2)7-5(3)6;1-3-6-4(2)5/h3-5H2,1-2H3;4H,1-3H3;3H2,1-2H3. The highest BCUT2D eigenvalue weighted by Crippen LogP contribution is 1.87. The van der Waals surface area contributed by atoms with Crippen LogP contribution in [0.1, 0.15) is 61.3 Å². The molecule has 0 aromatic carbocycles. The summed E-state index contributed by atoms with van der Waals surface area (Å²) in [6.45, 7) is 12.8. The highest BCUT2D eigenvalue weighted by molar-refractivity contribution is 5.66. The van der Waals surface area contributed by atoms with Gasteiger partial charge in [-0.25, -0.2) is 0 Å². The molecule has 21 heavy (non-hydrogen) atoms. The summed E-state index contributed by atoms with van der Waals surface area (Å²) in [5.41, 5.74) is 0. The van der Waals surface area contributed by atoms with Crippen LogP contribution in [0.2, 0.25) is 0 Å². The van der Waals surface area contributed by atoms with Gasteiger partial charge >= 0.3 is 17.9 Å². The first-order valence-corrected chi connectivity index (χ1v) is 7.11. The summed E-state index contributed by atoms with van der Waals surface area (Å²) in [5, 5.41) is 0. The van der Waals surface area contributed by atoms with Gasteiger partial charge in [-0.05, 0) is 27.2 Å². The summed E-state index contributed by atoms with van der Waals surface area (Å²) < 4.78 is 13.7. The minimum Gasteiger partial charge on any atom is -0.466 e. The second kappa shape index (κ2) is 18.4. The monoisotopic (exact) mass is 306 g/mol. The van der Waals surface area contributed by atoms with Gasteiger partial charge in [0.25, 0.3) is 0 Å². The van der Waals surface area contributed by atoms with Crippen molar-refractivity contribution in [3.63, 3.8) is 0 Å². The summed E-state index contributed by atoms with van der Waals surface area (Å²) in [4.78, 5) is 29.9. The first-order valence-electron chi connectivity index (χ1n) is 7.11. The van der Waals surface area contributed by atoms with E-state index in [1.54, 1.807) is 6.92 Å². The molecule has 0 heterocycles. The van der Waals surface area contributed by atoms with E-state index in [-0.39, 0.29) is 24.0 Å². The normalized spacial score (nSPS) is 8.57. The van der Waals surface area contributed by atoms with Crippen molar-refractivity contribution in [3.8, 4) is 0 Å². The third-order valence-corrected chi connectivity index (χ3v) is 1.55. The van der Waals surface area contributed by atoms with E-state index >= 15 is 0 Å². The molecule has 0 radical (unpaired) electrons. The largest absolute Gasteiger partial charge is 0.466 e. The van der Waals surface area contributed by atoms with E-state index in [2.05, 4.69) is 21.1 Å². The smallest absolute Gasteiger partial charge is 0.302 e. The van der Waals surface area contributed by atoms with Gasteiger partial charge in [0, 0.05) is 20.8 Å². The van der Waals surface area contributed by atoms with Crippen LogP contribution >= 0.6 is 0 Å². The molecule has 0 saturated carbocycles. The van der Waals surface area contributed by atoms with Crippen molar-refractivity contribution in [1.82, 2.24) is 0 Å². The van der Waals surface area contributed by atoms with Crippen LogP contribution in [-0.4, -0.2) is 37.2 Å². The number of esters is 3. The van der Waals surface area contributed by atoms with Gasteiger partial charge in [0.1, 0.15) is 0 Å². The third kappa shape index (κ3) is 45.7. The lowest BCUT2D eigenvalue weighted by atomic mass is 10.4. The molecule has 0 unspecified atom stereocenters. The van der Waals surface area contributed by atoms with Crippen LogP contribution in [0.15, 0.2) is 0 Å².